The van der Waals surface area contributed by atoms with Gasteiger partial charge in [0.25, 0.3) is 16.6 Å². The summed E-state index contributed by atoms with van der Waals surface area (Å²) in [6.45, 7) is 49.2. The van der Waals surface area contributed by atoms with Crippen LogP contribution in [0.1, 0.15) is 120 Å². The minimum Gasteiger partial charge on any atom is -0.543 e. The highest BCUT2D eigenvalue weighted by Gasteiger charge is 2.49. The van der Waals surface area contributed by atoms with Crippen molar-refractivity contribution in [3.05, 3.63) is 41.5 Å². The van der Waals surface area contributed by atoms with E-state index in [0.29, 0.717) is 47.5 Å². The van der Waals surface area contributed by atoms with Crippen LogP contribution in [0.3, 0.4) is 0 Å². The molecule has 0 unspecified atom stereocenters. The van der Waals surface area contributed by atoms with Crippen LogP contribution in [0.5, 0.6) is 28.7 Å². The van der Waals surface area contributed by atoms with Crippen molar-refractivity contribution in [3.8, 4) is 28.7 Å². The average molecular weight is 877 g/mol. The summed E-state index contributed by atoms with van der Waals surface area (Å²) in [5, 5.41) is -0.258. The topological polar surface area (TPSA) is 90.9 Å². The highest BCUT2D eigenvalue weighted by Crippen LogP contribution is 2.54. The van der Waals surface area contributed by atoms with Gasteiger partial charge in [-0.1, -0.05) is 89.2 Å². The molecule has 2 aromatic carbocycles. The van der Waals surface area contributed by atoms with Crippen molar-refractivity contribution in [3.63, 3.8) is 0 Å². The van der Waals surface area contributed by atoms with Gasteiger partial charge in [-0.15, -0.1) is 0 Å². The van der Waals surface area contributed by atoms with Crippen molar-refractivity contribution in [1.82, 2.24) is 0 Å². The van der Waals surface area contributed by atoms with Crippen LogP contribution in [0.25, 0.3) is 0 Å². The largest absolute Gasteiger partial charge is 0.543 e. The Labute approximate surface area is 357 Å². The number of benzene rings is 2. The molecule has 1 heterocycles. The lowest BCUT2D eigenvalue weighted by atomic mass is 9.90. The van der Waals surface area contributed by atoms with Crippen LogP contribution in [0, 0.1) is 0 Å². The molecule has 9 nitrogen and oxygen atoms in total. The second-order valence-corrected chi connectivity index (χ2v) is 41.0. The lowest BCUT2D eigenvalue weighted by Crippen LogP contribution is -2.46. The molecule has 0 saturated carbocycles. The number of hydrogen-bond acceptors (Lipinski definition) is 9. The van der Waals surface area contributed by atoms with Gasteiger partial charge >= 0.3 is 5.97 Å². The van der Waals surface area contributed by atoms with Gasteiger partial charge < -0.3 is 36.7 Å². The van der Waals surface area contributed by atoms with Crippen LogP contribution in [0.15, 0.2) is 30.3 Å². The third-order valence-corrected chi connectivity index (χ3v) is 30.6. The second-order valence-electron chi connectivity index (χ2n) is 22.1. The second kappa shape index (κ2) is 17.6. The van der Waals surface area contributed by atoms with E-state index in [9.17, 15) is 4.79 Å². The first-order valence-electron chi connectivity index (χ1n) is 21.2. The molecule has 3 atom stereocenters. The summed E-state index contributed by atoms with van der Waals surface area (Å²) in [6.07, 6.45) is -2.41. The van der Waals surface area contributed by atoms with Crippen molar-refractivity contribution in [2.75, 3.05) is 19.8 Å². The van der Waals surface area contributed by atoms with Gasteiger partial charge in [-0.2, -0.15) is 0 Å². The quantitative estimate of drug-likeness (QED) is 0.0985. The molecule has 0 amide bonds. The minimum atomic E-state index is -2.43. The maximum Gasteiger partial charge on any atom is 0.303 e. The Morgan fingerprint density at radius 2 is 1.09 bits per heavy atom. The average Bonchev–Trinajstić information content (AvgIpc) is 3.01. The lowest BCUT2D eigenvalue weighted by molar-refractivity contribution is -0.171. The van der Waals surface area contributed by atoms with Crippen molar-refractivity contribution in [2.45, 2.75) is 188 Å². The van der Waals surface area contributed by atoms with Gasteiger partial charge in [-0.05, 0) is 91.6 Å². The molecule has 0 fully saturated rings. The van der Waals surface area contributed by atoms with Crippen LogP contribution in [0.4, 0.5) is 0 Å². The van der Waals surface area contributed by atoms with Gasteiger partial charge in [0.2, 0.25) is 16.6 Å². The van der Waals surface area contributed by atoms with E-state index in [1.165, 1.54) is 6.92 Å². The van der Waals surface area contributed by atoms with Crippen molar-refractivity contribution in [2.24, 2.45) is 0 Å². The normalized spacial score (nSPS) is 18.6. The number of fused-ring (bicyclic) bond motifs is 1. The van der Waals surface area contributed by atoms with Crippen LogP contribution in [0.2, 0.25) is 72.5 Å². The van der Waals surface area contributed by atoms with Crippen molar-refractivity contribution < 1.29 is 41.4 Å². The zero-order chi connectivity index (χ0) is 44.7. The molecule has 13 heteroatoms. The molecule has 0 aromatic heterocycles. The highest BCUT2D eigenvalue weighted by atomic mass is 28.4. The summed E-state index contributed by atoms with van der Waals surface area (Å²) in [5.41, 5.74) is 1.47. The van der Waals surface area contributed by atoms with Crippen molar-refractivity contribution >= 4 is 39.2 Å². The Morgan fingerprint density at radius 1 is 0.621 bits per heavy atom. The van der Waals surface area contributed by atoms with Gasteiger partial charge in [-0.25, -0.2) is 0 Å². The minimum absolute atomic E-state index is 0.0308. The number of carbonyl (C=O) groups is 1. The molecule has 0 saturated heterocycles. The molecule has 58 heavy (non-hydrogen) atoms. The summed E-state index contributed by atoms with van der Waals surface area (Å²) in [4.78, 5) is 13.1. The first kappa shape index (κ1) is 50.1. The predicted octanol–water partition coefficient (Wildman–Crippen LogP) is 13.4. The van der Waals surface area contributed by atoms with E-state index >= 15 is 0 Å². The molecule has 330 valence electrons. The monoisotopic (exact) mass is 876 g/mol. The van der Waals surface area contributed by atoms with E-state index in [2.05, 4.69) is 135 Å². The van der Waals surface area contributed by atoms with E-state index in [-0.39, 0.29) is 26.8 Å². The summed E-state index contributed by atoms with van der Waals surface area (Å²) < 4.78 is 54.1. The maximum absolute atomic E-state index is 13.1. The maximum atomic E-state index is 13.1. The summed E-state index contributed by atoms with van der Waals surface area (Å²) in [7, 11) is -9.35. The fourth-order valence-corrected chi connectivity index (χ4v) is 9.43. The molecule has 0 bridgehead atoms. The summed E-state index contributed by atoms with van der Waals surface area (Å²) in [5.74, 6) is 2.79. The summed E-state index contributed by atoms with van der Waals surface area (Å²) in [6, 6.07) is 9.98. The fraction of sp³-hybridized carbons (Fsp3) is 0.711. The molecule has 3 rings (SSSR count). The van der Waals surface area contributed by atoms with Crippen molar-refractivity contribution in [1.29, 1.82) is 0 Å². The SMILES string of the molecule is CCOCCO[C@H]1c2c(cc(O[Si](C)(C)C(C)(C)C)cc2O[Si](C)(C)C(C)(C)C)O[C@H](c2ccc(O[Si](C)(C)C(C)(C)C)c(O[Si](C)(C)C(C)(C)C)c2)[C@H]1OC(C)=O. The first-order chi connectivity index (χ1) is 26.0. The molecular weight excluding hydrogens is 797 g/mol. The van der Waals surface area contributed by atoms with Gasteiger partial charge in [0.1, 0.15) is 34.9 Å². The van der Waals surface area contributed by atoms with Gasteiger partial charge in [0.15, 0.2) is 12.2 Å². The van der Waals surface area contributed by atoms with E-state index in [4.69, 9.17) is 36.7 Å². The van der Waals surface area contributed by atoms with Crippen LogP contribution in [-0.2, 0) is 19.0 Å². The molecule has 0 N–H and O–H groups in total. The third kappa shape index (κ3) is 11.7. The zero-order valence-corrected chi connectivity index (χ0v) is 44.4. The number of carbonyl (C=O) groups excluding carboxylic acids is 1. The van der Waals surface area contributed by atoms with E-state index in [1.54, 1.807) is 0 Å². The third-order valence-electron chi connectivity index (χ3n) is 13.2. The molecule has 0 aliphatic carbocycles. The number of esters is 1. The summed E-state index contributed by atoms with van der Waals surface area (Å²) >= 11 is 0. The standard InChI is InChI=1S/C45H80O9Si4/c1-23-47-26-27-48-40-38-36(29-33(51-55(15,16)42(3,4)5)30-37(38)54-58(21,22)45(12,13)14)50-39(41(40)49-31(2)46)32-24-25-34(52-56(17,18)43(6,7)8)35(28-32)53-57(19,20)44(9,10)11/h24-25,28-30,39-41H,23,26-27H2,1-22H3/t39-,40+,41-/m1/s1. The Hall–Kier alpha value is -2.30. The number of rotatable bonds is 15. The lowest BCUT2D eigenvalue weighted by Gasteiger charge is -2.43. The molecular formula is C45H80O9Si4. The Morgan fingerprint density at radius 3 is 1.55 bits per heavy atom. The number of hydrogen-bond donors (Lipinski definition) is 0. The zero-order valence-electron chi connectivity index (χ0n) is 40.4. The van der Waals surface area contributed by atoms with E-state index in [0.717, 1.165) is 5.56 Å². The smallest absolute Gasteiger partial charge is 0.303 e. The molecule has 1 aliphatic rings. The van der Waals surface area contributed by atoms with E-state index < -0.39 is 57.6 Å². The number of ether oxygens (including phenoxy) is 4. The van der Waals surface area contributed by atoms with Gasteiger partial charge in [0.05, 0.1) is 18.8 Å². The Bertz CT molecular complexity index is 1730. The molecule has 2 aromatic rings. The molecule has 0 radical (unpaired) electrons. The van der Waals surface area contributed by atoms with E-state index in [1.807, 2.05) is 37.3 Å². The van der Waals surface area contributed by atoms with Gasteiger partial charge in [-0.3, -0.25) is 4.79 Å². The van der Waals surface area contributed by atoms with Crippen LogP contribution >= 0.6 is 0 Å². The van der Waals surface area contributed by atoms with Crippen LogP contribution in [-0.4, -0.2) is 65.2 Å². The Balaban J connectivity index is 2.43. The molecule has 1 aliphatic heterocycles. The van der Waals surface area contributed by atoms with Crippen LogP contribution < -0.4 is 22.4 Å². The Kier molecular flexibility index (Phi) is 15.2. The predicted molar refractivity (Wildman–Crippen MR) is 248 cm³/mol. The first-order valence-corrected chi connectivity index (χ1v) is 32.8. The van der Waals surface area contributed by atoms with Gasteiger partial charge in [0, 0.05) is 31.2 Å². The highest BCUT2D eigenvalue weighted by molar-refractivity contribution is 6.76. The molecule has 0 spiro atoms. The fourth-order valence-electron chi connectivity index (χ4n) is 5.35.